The summed E-state index contributed by atoms with van der Waals surface area (Å²) in [5, 5.41) is 5.58. The normalized spacial score (nSPS) is 16.7. The third-order valence-corrected chi connectivity index (χ3v) is 10.3. The molecule has 42 heavy (non-hydrogen) atoms. The van der Waals surface area contributed by atoms with Gasteiger partial charge in [-0.1, -0.05) is 85.3 Å². The lowest BCUT2D eigenvalue weighted by molar-refractivity contribution is -0.124. The number of nitrogens with zero attached hydrogens (tertiary/aromatic N) is 2. The predicted octanol–water partition coefficient (Wildman–Crippen LogP) is 9.26. The lowest BCUT2D eigenvalue weighted by Gasteiger charge is -2.26. The lowest BCUT2D eigenvalue weighted by atomic mass is 9.80. The summed E-state index contributed by atoms with van der Waals surface area (Å²) in [6.07, 6.45) is 11.8. The molecule has 2 aromatic carbocycles. The molecule has 4 aromatic rings. The lowest BCUT2D eigenvalue weighted by Crippen LogP contribution is -2.33. The standard InChI is InChI=1S/C36H41Cl2N3O/c1-23-20-24(2)40-35-32(23)29-13-7-8-15-31(29)41(35)22-25-16-18-27(19-17-25)33(26-10-5-3-4-6-11-26)36(42)39-21-28-12-9-14-30(37)34(28)38/h9,12,14,16-20,26,33H,3-8,10-11,13,15,21-22H2,1-2H3,(H,39,42). The second kappa shape index (κ2) is 12.8. The fourth-order valence-electron chi connectivity index (χ4n) is 7.41. The van der Waals surface area contributed by atoms with Crippen molar-refractivity contribution >= 4 is 40.1 Å². The van der Waals surface area contributed by atoms with Crippen LogP contribution < -0.4 is 5.32 Å². The Morgan fingerprint density at radius 2 is 1.71 bits per heavy atom. The van der Waals surface area contributed by atoms with Crippen molar-refractivity contribution < 1.29 is 4.79 Å². The summed E-state index contributed by atoms with van der Waals surface area (Å²) in [7, 11) is 0. The number of pyridine rings is 1. The van der Waals surface area contributed by atoms with E-state index in [0.29, 0.717) is 22.5 Å². The zero-order valence-electron chi connectivity index (χ0n) is 24.8. The summed E-state index contributed by atoms with van der Waals surface area (Å²) in [5.74, 6) is 0.234. The van der Waals surface area contributed by atoms with Gasteiger partial charge in [-0.2, -0.15) is 0 Å². The van der Waals surface area contributed by atoms with Crippen LogP contribution in [0.5, 0.6) is 0 Å². The largest absolute Gasteiger partial charge is 0.351 e. The summed E-state index contributed by atoms with van der Waals surface area (Å²) >= 11 is 12.7. The third kappa shape index (κ3) is 5.98. The Morgan fingerprint density at radius 1 is 0.976 bits per heavy atom. The third-order valence-electron chi connectivity index (χ3n) is 9.47. The summed E-state index contributed by atoms with van der Waals surface area (Å²) in [5.41, 5.74) is 9.68. The van der Waals surface area contributed by atoms with Gasteiger partial charge in [0.15, 0.2) is 0 Å². The first-order chi connectivity index (χ1) is 20.4. The number of hydrogen-bond acceptors (Lipinski definition) is 2. The Labute approximate surface area is 259 Å². The number of rotatable bonds is 7. The minimum absolute atomic E-state index is 0.0753. The van der Waals surface area contributed by atoms with Gasteiger partial charge in [-0.15, -0.1) is 0 Å². The first-order valence-corrected chi connectivity index (χ1v) is 16.4. The van der Waals surface area contributed by atoms with E-state index in [1.807, 2.05) is 12.1 Å². The maximum Gasteiger partial charge on any atom is 0.228 e. The molecule has 0 bridgehead atoms. The number of nitrogens with one attached hydrogen (secondary N) is 1. The second-order valence-electron chi connectivity index (χ2n) is 12.4. The minimum Gasteiger partial charge on any atom is -0.351 e. The van der Waals surface area contributed by atoms with Gasteiger partial charge in [0.1, 0.15) is 5.65 Å². The number of fused-ring (bicyclic) bond motifs is 3. The van der Waals surface area contributed by atoms with Crippen LogP contribution in [0.25, 0.3) is 11.0 Å². The summed E-state index contributed by atoms with van der Waals surface area (Å²) in [6, 6.07) is 16.6. The van der Waals surface area contributed by atoms with Gasteiger partial charge in [0.05, 0.1) is 16.0 Å². The van der Waals surface area contributed by atoms with Crippen LogP contribution in [0.2, 0.25) is 10.0 Å². The highest BCUT2D eigenvalue weighted by Crippen LogP contribution is 2.37. The monoisotopic (exact) mass is 601 g/mol. The average Bonchev–Trinajstić information content (AvgIpc) is 3.11. The van der Waals surface area contributed by atoms with Crippen LogP contribution in [0.3, 0.4) is 0 Å². The molecule has 2 aliphatic carbocycles. The Kier molecular flexibility index (Phi) is 8.93. The maximum absolute atomic E-state index is 13.8. The Hall–Kier alpha value is -2.82. The highest BCUT2D eigenvalue weighted by atomic mass is 35.5. The molecule has 0 saturated heterocycles. The molecule has 0 aliphatic heterocycles. The van der Waals surface area contributed by atoms with Crippen molar-refractivity contribution in [2.45, 2.75) is 97.1 Å². The van der Waals surface area contributed by atoms with Gasteiger partial charge in [0.25, 0.3) is 0 Å². The van der Waals surface area contributed by atoms with Gasteiger partial charge in [-0.05, 0) is 98.2 Å². The zero-order chi connectivity index (χ0) is 29.2. The predicted molar refractivity (Wildman–Crippen MR) is 174 cm³/mol. The highest BCUT2D eigenvalue weighted by Gasteiger charge is 2.30. The van der Waals surface area contributed by atoms with Gasteiger partial charge in [-0.3, -0.25) is 4.79 Å². The molecule has 2 heterocycles. The van der Waals surface area contributed by atoms with Crippen LogP contribution in [0.4, 0.5) is 0 Å². The van der Waals surface area contributed by atoms with Crippen LogP contribution in [-0.4, -0.2) is 15.5 Å². The number of amides is 1. The molecular formula is C36H41Cl2N3O. The average molecular weight is 603 g/mol. The molecule has 220 valence electrons. The topological polar surface area (TPSA) is 46.9 Å². The van der Waals surface area contributed by atoms with E-state index >= 15 is 0 Å². The molecule has 0 spiro atoms. The number of hydrogen-bond donors (Lipinski definition) is 1. The molecule has 0 radical (unpaired) electrons. The van der Waals surface area contributed by atoms with Crippen LogP contribution in [-0.2, 0) is 30.7 Å². The smallest absolute Gasteiger partial charge is 0.228 e. The molecule has 2 aliphatic rings. The summed E-state index contributed by atoms with van der Waals surface area (Å²) in [6.45, 7) is 5.49. The molecular weight excluding hydrogens is 561 g/mol. The van der Waals surface area contributed by atoms with Crippen molar-refractivity contribution in [2.75, 3.05) is 0 Å². The van der Waals surface area contributed by atoms with Crippen molar-refractivity contribution in [1.82, 2.24) is 14.9 Å². The fourth-order valence-corrected chi connectivity index (χ4v) is 7.80. The van der Waals surface area contributed by atoms with Crippen LogP contribution >= 0.6 is 23.2 Å². The van der Waals surface area contributed by atoms with E-state index in [2.05, 4.69) is 54.1 Å². The molecule has 1 atom stereocenters. The van der Waals surface area contributed by atoms with Crippen molar-refractivity contribution in [3.63, 3.8) is 0 Å². The molecule has 6 rings (SSSR count). The van der Waals surface area contributed by atoms with Crippen molar-refractivity contribution in [3.05, 3.63) is 97.8 Å². The van der Waals surface area contributed by atoms with E-state index in [4.69, 9.17) is 28.2 Å². The van der Waals surface area contributed by atoms with E-state index in [9.17, 15) is 4.79 Å². The molecule has 2 aromatic heterocycles. The number of carbonyl (C=O) groups excluding carboxylic acids is 1. The minimum atomic E-state index is -0.178. The van der Waals surface area contributed by atoms with Gasteiger partial charge < -0.3 is 9.88 Å². The number of aromatic nitrogens is 2. The number of aryl methyl sites for hydroxylation is 3. The molecule has 1 N–H and O–H groups in total. The van der Waals surface area contributed by atoms with E-state index in [0.717, 1.165) is 54.7 Å². The van der Waals surface area contributed by atoms with Gasteiger partial charge in [0.2, 0.25) is 5.91 Å². The van der Waals surface area contributed by atoms with Gasteiger partial charge in [-0.25, -0.2) is 4.98 Å². The number of carbonyl (C=O) groups is 1. The number of halogens is 2. The molecule has 1 fully saturated rings. The van der Waals surface area contributed by atoms with Gasteiger partial charge in [0, 0.05) is 29.9 Å². The van der Waals surface area contributed by atoms with Crippen molar-refractivity contribution in [2.24, 2.45) is 5.92 Å². The Balaban J connectivity index is 1.28. The molecule has 1 amide bonds. The highest BCUT2D eigenvalue weighted by molar-refractivity contribution is 6.42. The Bertz CT molecular complexity index is 1580. The van der Waals surface area contributed by atoms with E-state index in [-0.39, 0.29) is 11.8 Å². The quantitative estimate of drug-likeness (QED) is 0.214. The summed E-state index contributed by atoms with van der Waals surface area (Å²) < 4.78 is 2.46. The Morgan fingerprint density at radius 3 is 2.48 bits per heavy atom. The molecule has 1 saturated carbocycles. The van der Waals surface area contributed by atoms with E-state index in [1.165, 1.54) is 66.3 Å². The van der Waals surface area contributed by atoms with Crippen LogP contribution in [0, 0.1) is 19.8 Å². The zero-order valence-corrected chi connectivity index (χ0v) is 26.3. The van der Waals surface area contributed by atoms with Crippen molar-refractivity contribution in [3.8, 4) is 0 Å². The first-order valence-electron chi connectivity index (χ1n) is 15.7. The number of benzene rings is 2. The molecule has 1 unspecified atom stereocenters. The van der Waals surface area contributed by atoms with Crippen LogP contribution in [0.1, 0.15) is 96.5 Å². The summed E-state index contributed by atoms with van der Waals surface area (Å²) in [4.78, 5) is 18.9. The van der Waals surface area contributed by atoms with Crippen LogP contribution in [0.15, 0.2) is 48.5 Å². The molecule has 4 nitrogen and oxygen atoms in total. The fraction of sp³-hybridized carbons (Fsp3) is 0.444. The SMILES string of the molecule is Cc1cc(C)c2c3c(n(Cc4ccc(C(C(=O)NCc5cccc(Cl)c5Cl)C5CCCCCC5)cc4)c2n1)CCCC3. The first kappa shape index (κ1) is 29.3. The van der Waals surface area contributed by atoms with Crippen molar-refractivity contribution in [1.29, 1.82) is 0 Å². The second-order valence-corrected chi connectivity index (χ2v) is 13.2. The molecule has 6 heteroatoms. The maximum atomic E-state index is 13.8. The van der Waals surface area contributed by atoms with E-state index < -0.39 is 0 Å². The van der Waals surface area contributed by atoms with E-state index in [1.54, 1.807) is 6.07 Å². The van der Waals surface area contributed by atoms with Gasteiger partial charge >= 0.3 is 0 Å².